The van der Waals surface area contributed by atoms with Gasteiger partial charge < -0.3 is 5.32 Å². The largest absolute Gasteiger partial charge is 0.352 e. The standard InChI is InChI=1S/C14H15N5OS/c1-3-12(20)15-8-10-4-6-11(7-5-10)13-18-19-9(2)16-17-14(19)21-13/h4-7H,3,8H2,1-2H3,(H,15,20). The van der Waals surface area contributed by atoms with Gasteiger partial charge in [0, 0.05) is 18.5 Å². The van der Waals surface area contributed by atoms with Crippen LogP contribution in [0.5, 0.6) is 0 Å². The highest BCUT2D eigenvalue weighted by Gasteiger charge is 2.10. The third-order valence-corrected chi connectivity index (χ3v) is 4.11. The Morgan fingerprint density at radius 2 is 2.05 bits per heavy atom. The molecule has 0 spiro atoms. The van der Waals surface area contributed by atoms with E-state index in [9.17, 15) is 4.79 Å². The Bertz CT molecular complexity index is 774. The Labute approximate surface area is 125 Å². The number of fused-ring (bicyclic) bond motifs is 1. The Kier molecular flexibility index (Phi) is 3.66. The molecular formula is C14H15N5OS. The van der Waals surface area contributed by atoms with Crippen LogP contribution in [-0.2, 0) is 11.3 Å². The highest BCUT2D eigenvalue weighted by molar-refractivity contribution is 7.19. The summed E-state index contributed by atoms with van der Waals surface area (Å²) in [5, 5.41) is 16.3. The van der Waals surface area contributed by atoms with Crippen molar-refractivity contribution in [2.75, 3.05) is 0 Å². The second-order valence-electron chi connectivity index (χ2n) is 4.68. The van der Waals surface area contributed by atoms with Crippen molar-refractivity contribution in [1.29, 1.82) is 0 Å². The Balaban J connectivity index is 1.78. The lowest BCUT2D eigenvalue weighted by atomic mass is 10.1. The van der Waals surface area contributed by atoms with Crippen molar-refractivity contribution >= 4 is 22.2 Å². The van der Waals surface area contributed by atoms with Crippen LogP contribution in [0.1, 0.15) is 24.7 Å². The van der Waals surface area contributed by atoms with E-state index in [1.807, 2.05) is 38.1 Å². The lowest BCUT2D eigenvalue weighted by Gasteiger charge is -2.04. The molecular weight excluding hydrogens is 286 g/mol. The summed E-state index contributed by atoms with van der Waals surface area (Å²) in [5.74, 6) is 0.842. The minimum atomic E-state index is 0.0585. The summed E-state index contributed by atoms with van der Waals surface area (Å²) < 4.78 is 1.75. The summed E-state index contributed by atoms with van der Waals surface area (Å²) in [5.41, 5.74) is 2.11. The van der Waals surface area contributed by atoms with Crippen LogP contribution in [0.4, 0.5) is 0 Å². The van der Waals surface area contributed by atoms with E-state index in [2.05, 4.69) is 20.6 Å². The van der Waals surface area contributed by atoms with Crippen molar-refractivity contribution in [1.82, 2.24) is 25.1 Å². The monoisotopic (exact) mass is 301 g/mol. The molecule has 0 aliphatic rings. The molecule has 0 fully saturated rings. The maximum absolute atomic E-state index is 11.2. The third kappa shape index (κ3) is 2.78. The normalized spacial score (nSPS) is 11.0. The fourth-order valence-electron chi connectivity index (χ4n) is 1.92. The Morgan fingerprint density at radius 1 is 1.29 bits per heavy atom. The van der Waals surface area contributed by atoms with Crippen LogP contribution in [-0.4, -0.2) is 25.7 Å². The molecule has 1 aromatic carbocycles. The first-order valence-electron chi connectivity index (χ1n) is 6.72. The number of aryl methyl sites for hydroxylation is 1. The van der Waals surface area contributed by atoms with Crippen molar-refractivity contribution in [3.63, 3.8) is 0 Å². The summed E-state index contributed by atoms with van der Waals surface area (Å²) in [6.45, 7) is 4.27. The molecule has 1 amide bonds. The lowest BCUT2D eigenvalue weighted by Crippen LogP contribution is -2.21. The number of nitrogens with zero attached hydrogens (tertiary/aromatic N) is 4. The van der Waals surface area contributed by atoms with E-state index >= 15 is 0 Å². The van der Waals surface area contributed by atoms with E-state index in [0.29, 0.717) is 13.0 Å². The minimum absolute atomic E-state index is 0.0585. The van der Waals surface area contributed by atoms with Gasteiger partial charge in [0.25, 0.3) is 0 Å². The van der Waals surface area contributed by atoms with Crippen LogP contribution < -0.4 is 5.32 Å². The molecule has 0 saturated carbocycles. The number of nitrogens with one attached hydrogen (secondary N) is 1. The second-order valence-corrected chi connectivity index (χ2v) is 5.63. The average Bonchev–Trinajstić information content (AvgIpc) is 3.08. The van der Waals surface area contributed by atoms with E-state index in [1.165, 1.54) is 11.3 Å². The number of benzene rings is 1. The van der Waals surface area contributed by atoms with Gasteiger partial charge in [0.15, 0.2) is 5.82 Å². The Morgan fingerprint density at radius 3 is 2.71 bits per heavy atom. The lowest BCUT2D eigenvalue weighted by molar-refractivity contribution is -0.120. The van der Waals surface area contributed by atoms with E-state index in [0.717, 1.165) is 26.9 Å². The van der Waals surface area contributed by atoms with Gasteiger partial charge in [0.1, 0.15) is 5.01 Å². The van der Waals surface area contributed by atoms with Gasteiger partial charge in [-0.3, -0.25) is 4.79 Å². The fourth-order valence-corrected chi connectivity index (χ4v) is 2.81. The van der Waals surface area contributed by atoms with Crippen LogP contribution in [0.25, 0.3) is 15.5 Å². The van der Waals surface area contributed by atoms with Crippen LogP contribution in [0.15, 0.2) is 24.3 Å². The topological polar surface area (TPSA) is 72.2 Å². The number of carbonyl (C=O) groups excluding carboxylic acids is 1. The molecule has 3 rings (SSSR count). The number of hydrogen-bond acceptors (Lipinski definition) is 5. The predicted octanol–water partition coefficient (Wildman–Crippen LogP) is 2.19. The van der Waals surface area contributed by atoms with Gasteiger partial charge in [-0.25, -0.2) is 0 Å². The fraction of sp³-hybridized carbons (Fsp3) is 0.286. The van der Waals surface area contributed by atoms with Gasteiger partial charge >= 0.3 is 0 Å². The Hall–Kier alpha value is -2.28. The first kappa shape index (κ1) is 13.7. The maximum atomic E-state index is 11.2. The third-order valence-electron chi connectivity index (χ3n) is 3.16. The quantitative estimate of drug-likeness (QED) is 0.801. The molecule has 108 valence electrons. The van der Waals surface area contributed by atoms with Crippen LogP contribution in [0.2, 0.25) is 0 Å². The van der Waals surface area contributed by atoms with Gasteiger partial charge in [-0.15, -0.1) is 10.2 Å². The van der Waals surface area contributed by atoms with Gasteiger partial charge in [0.2, 0.25) is 10.9 Å². The van der Waals surface area contributed by atoms with Crippen molar-refractivity contribution < 1.29 is 4.79 Å². The molecule has 0 saturated heterocycles. The molecule has 3 aromatic rings. The van der Waals surface area contributed by atoms with Crippen LogP contribution >= 0.6 is 11.3 Å². The van der Waals surface area contributed by atoms with E-state index < -0.39 is 0 Å². The molecule has 21 heavy (non-hydrogen) atoms. The van der Waals surface area contributed by atoms with E-state index in [4.69, 9.17) is 0 Å². The maximum Gasteiger partial charge on any atom is 0.234 e. The smallest absolute Gasteiger partial charge is 0.234 e. The SMILES string of the molecule is CCC(=O)NCc1ccc(-c2nn3c(C)nnc3s2)cc1. The minimum Gasteiger partial charge on any atom is -0.352 e. The number of aromatic nitrogens is 4. The zero-order valence-corrected chi connectivity index (χ0v) is 12.6. The molecule has 0 aliphatic carbocycles. The van der Waals surface area contributed by atoms with Crippen molar-refractivity contribution in [3.05, 3.63) is 35.7 Å². The summed E-state index contributed by atoms with van der Waals surface area (Å²) >= 11 is 1.51. The molecule has 1 N–H and O–H groups in total. The number of amides is 1. The van der Waals surface area contributed by atoms with Crippen molar-refractivity contribution in [2.45, 2.75) is 26.8 Å². The van der Waals surface area contributed by atoms with E-state index in [-0.39, 0.29) is 5.91 Å². The van der Waals surface area contributed by atoms with E-state index in [1.54, 1.807) is 4.52 Å². The summed E-state index contributed by atoms with van der Waals surface area (Å²) in [7, 11) is 0. The molecule has 0 atom stereocenters. The summed E-state index contributed by atoms with van der Waals surface area (Å²) in [6.07, 6.45) is 0.504. The van der Waals surface area contributed by atoms with Crippen molar-refractivity contribution in [3.8, 4) is 10.6 Å². The molecule has 7 heteroatoms. The molecule has 6 nitrogen and oxygen atoms in total. The number of rotatable bonds is 4. The first-order valence-corrected chi connectivity index (χ1v) is 7.54. The molecule has 2 heterocycles. The molecule has 0 unspecified atom stereocenters. The van der Waals surface area contributed by atoms with Gasteiger partial charge in [-0.05, 0) is 12.5 Å². The molecule has 2 aromatic heterocycles. The van der Waals surface area contributed by atoms with Gasteiger partial charge in [0.05, 0.1) is 0 Å². The summed E-state index contributed by atoms with van der Waals surface area (Å²) in [6, 6.07) is 8.02. The molecule has 0 aliphatic heterocycles. The molecule has 0 bridgehead atoms. The summed E-state index contributed by atoms with van der Waals surface area (Å²) in [4.78, 5) is 12.0. The highest BCUT2D eigenvalue weighted by Crippen LogP contribution is 2.25. The van der Waals surface area contributed by atoms with Gasteiger partial charge in [-0.1, -0.05) is 42.5 Å². The zero-order valence-electron chi connectivity index (χ0n) is 11.8. The molecule has 0 radical (unpaired) electrons. The van der Waals surface area contributed by atoms with Gasteiger partial charge in [-0.2, -0.15) is 9.61 Å². The second kappa shape index (κ2) is 5.61. The van der Waals surface area contributed by atoms with Crippen LogP contribution in [0.3, 0.4) is 0 Å². The average molecular weight is 301 g/mol. The highest BCUT2D eigenvalue weighted by atomic mass is 32.1. The predicted molar refractivity (Wildman–Crippen MR) is 81.0 cm³/mol. The van der Waals surface area contributed by atoms with Crippen LogP contribution in [0, 0.1) is 6.92 Å². The first-order chi connectivity index (χ1) is 10.2. The zero-order chi connectivity index (χ0) is 14.8. The van der Waals surface area contributed by atoms with Crippen molar-refractivity contribution in [2.24, 2.45) is 0 Å². The number of carbonyl (C=O) groups is 1. The number of hydrogen-bond donors (Lipinski definition) is 1.